The van der Waals surface area contributed by atoms with E-state index >= 15 is 0 Å². The number of hydrogen-bond acceptors (Lipinski definition) is 1. The van der Waals surface area contributed by atoms with Gasteiger partial charge in [0.25, 0.3) is 0 Å². The van der Waals surface area contributed by atoms with Gasteiger partial charge in [-0.25, -0.2) is 4.39 Å². The largest absolute Gasteiger partial charge is 0.321 e. The van der Waals surface area contributed by atoms with Crippen LogP contribution in [0.25, 0.3) is 0 Å². The second-order valence-electron chi connectivity index (χ2n) is 4.52. The van der Waals surface area contributed by atoms with Gasteiger partial charge in [0.2, 0.25) is 0 Å². The highest BCUT2D eigenvalue weighted by Gasteiger charge is 2.16. The van der Waals surface area contributed by atoms with Gasteiger partial charge in [0.05, 0.1) is 6.04 Å². The molecule has 2 rings (SSSR count). The lowest BCUT2D eigenvalue weighted by Gasteiger charge is -2.17. The summed E-state index contributed by atoms with van der Waals surface area (Å²) in [6.07, 6.45) is 8.24. The summed E-state index contributed by atoms with van der Waals surface area (Å²) in [4.78, 5) is 0. The molecule has 0 amide bonds. The molecule has 0 radical (unpaired) electrons. The maximum Gasteiger partial charge on any atom is 0.124 e. The fourth-order valence-corrected chi connectivity index (χ4v) is 3.09. The van der Waals surface area contributed by atoms with E-state index in [1.165, 1.54) is 30.9 Å². The lowest BCUT2D eigenvalue weighted by Crippen LogP contribution is -2.14. The number of benzene rings is 1. The molecular formula is C14H17FIN. The van der Waals surface area contributed by atoms with E-state index in [0.717, 1.165) is 22.0 Å². The van der Waals surface area contributed by atoms with E-state index in [-0.39, 0.29) is 11.9 Å². The summed E-state index contributed by atoms with van der Waals surface area (Å²) < 4.78 is 14.0. The molecule has 1 atom stereocenters. The van der Waals surface area contributed by atoms with Crippen LogP contribution < -0.4 is 5.73 Å². The van der Waals surface area contributed by atoms with Crippen molar-refractivity contribution in [3.05, 3.63) is 44.8 Å². The molecule has 1 aliphatic rings. The third kappa shape index (κ3) is 3.28. The fourth-order valence-electron chi connectivity index (χ4n) is 2.28. The highest BCUT2D eigenvalue weighted by Crippen LogP contribution is 2.30. The molecule has 2 N–H and O–H groups in total. The Balaban J connectivity index is 2.23. The quantitative estimate of drug-likeness (QED) is 0.627. The minimum Gasteiger partial charge on any atom is -0.321 e. The Bertz CT molecular complexity index is 428. The maximum atomic E-state index is 13.1. The minimum absolute atomic E-state index is 0.0689. The molecule has 1 unspecified atom stereocenters. The SMILES string of the molecule is NC(C1=CCCCCC1)c1ccc(F)cc1I. The van der Waals surface area contributed by atoms with Gasteiger partial charge in [0.1, 0.15) is 5.82 Å². The minimum atomic E-state index is -0.194. The molecule has 1 aromatic rings. The lowest BCUT2D eigenvalue weighted by molar-refractivity contribution is 0.624. The van der Waals surface area contributed by atoms with Crippen molar-refractivity contribution in [2.45, 2.75) is 38.1 Å². The van der Waals surface area contributed by atoms with Crippen LogP contribution in [-0.2, 0) is 0 Å². The molecule has 17 heavy (non-hydrogen) atoms. The van der Waals surface area contributed by atoms with E-state index in [9.17, 15) is 4.39 Å². The van der Waals surface area contributed by atoms with Crippen LogP contribution in [0.2, 0.25) is 0 Å². The summed E-state index contributed by atoms with van der Waals surface area (Å²) in [5.74, 6) is -0.194. The topological polar surface area (TPSA) is 26.0 Å². The smallest absolute Gasteiger partial charge is 0.124 e. The summed E-state index contributed by atoms with van der Waals surface area (Å²) in [6.45, 7) is 0. The molecule has 1 aliphatic carbocycles. The molecule has 0 aromatic heterocycles. The average molecular weight is 345 g/mol. The first-order valence-electron chi connectivity index (χ1n) is 6.08. The molecule has 0 heterocycles. The zero-order chi connectivity index (χ0) is 12.3. The van der Waals surface area contributed by atoms with E-state index in [2.05, 4.69) is 28.7 Å². The predicted octanol–water partition coefficient (Wildman–Crippen LogP) is 4.32. The van der Waals surface area contributed by atoms with Crippen molar-refractivity contribution in [2.75, 3.05) is 0 Å². The van der Waals surface area contributed by atoms with Gasteiger partial charge in [0.15, 0.2) is 0 Å². The maximum absolute atomic E-state index is 13.1. The van der Waals surface area contributed by atoms with Crippen molar-refractivity contribution in [2.24, 2.45) is 5.73 Å². The van der Waals surface area contributed by atoms with Crippen molar-refractivity contribution in [3.8, 4) is 0 Å². The monoisotopic (exact) mass is 345 g/mol. The summed E-state index contributed by atoms with van der Waals surface area (Å²) in [7, 11) is 0. The van der Waals surface area contributed by atoms with Crippen LogP contribution in [0.15, 0.2) is 29.8 Å². The van der Waals surface area contributed by atoms with Gasteiger partial charge < -0.3 is 5.73 Å². The molecule has 1 aromatic carbocycles. The number of halogens is 2. The average Bonchev–Trinajstić information content (AvgIpc) is 2.56. The molecule has 0 saturated heterocycles. The van der Waals surface area contributed by atoms with Crippen LogP contribution in [0.3, 0.4) is 0 Å². The van der Waals surface area contributed by atoms with Crippen LogP contribution in [0.5, 0.6) is 0 Å². The van der Waals surface area contributed by atoms with E-state index in [1.807, 2.05) is 6.07 Å². The van der Waals surface area contributed by atoms with E-state index < -0.39 is 0 Å². The second kappa shape index (κ2) is 5.96. The molecule has 92 valence electrons. The Morgan fingerprint density at radius 2 is 2.06 bits per heavy atom. The van der Waals surface area contributed by atoms with E-state index in [4.69, 9.17) is 5.73 Å². The zero-order valence-electron chi connectivity index (χ0n) is 9.76. The lowest BCUT2D eigenvalue weighted by atomic mass is 9.96. The zero-order valence-corrected chi connectivity index (χ0v) is 11.9. The van der Waals surface area contributed by atoms with Crippen molar-refractivity contribution >= 4 is 22.6 Å². The van der Waals surface area contributed by atoms with Crippen LogP contribution in [0, 0.1) is 9.39 Å². The van der Waals surface area contributed by atoms with Crippen molar-refractivity contribution in [1.29, 1.82) is 0 Å². The van der Waals surface area contributed by atoms with Crippen LogP contribution >= 0.6 is 22.6 Å². The molecular weight excluding hydrogens is 328 g/mol. The van der Waals surface area contributed by atoms with Gasteiger partial charge >= 0.3 is 0 Å². The van der Waals surface area contributed by atoms with Crippen LogP contribution in [0.1, 0.15) is 43.7 Å². The summed E-state index contributed by atoms with van der Waals surface area (Å²) >= 11 is 2.16. The Kier molecular flexibility index (Phi) is 4.56. The number of nitrogens with two attached hydrogens (primary N) is 1. The molecule has 1 nitrogen and oxygen atoms in total. The van der Waals surface area contributed by atoms with Crippen molar-refractivity contribution in [1.82, 2.24) is 0 Å². The first-order valence-corrected chi connectivity index (χ1v) is 7.16. The van der Waals surface area contributed by atoms with Gasteiger partial charge in [-0.05, 0) is 66.0 Å². The molecule has 0 spiro atoms. The van der Waals surface area contributed by atoms with Gasteiger partial charge in [-0.1, -0.05) is 24.1 Å². The first-order chi connectivity index (χ1) is 8.18. The van der Waals surface area contributed by atoms with Crippen molar-refractivity contribution in [3.63, 3.8) is 0 Å². The predicted molar refractivity (Wildman–Crippen MR) is 77.2 cm³/mol. The summed E-state index contributed by atoms with van der Waals surface area (Å²) in [5.41, 5.74) is 8.65. The normalized spacial score (nSPS) is 18.4. The summed E-state index contributed by atoms with van der Waals surface area (Å²) in [5, 5.41) is 0. The standard InChI is InChI=1S/C14H17FIN/c15-11-7-8-12(13(16)9-11)14(17)10-5-3-1-2-4-6-10/h5,7-9,14H,1-4,6,17H2. The Morgan fingerprint density at radius 1 is 1.24 bits per heavy atom. The number of allylic oxidation sites excluding steroid dienone is 1. The number of rotatable bonds is 2. The van der Waals surface area contributed by atoms with Gasteiger partial charge in [0, 0.05) is 3.57 Å². The molecule has 0 bridgehead atoms. The highest BCUT2D eigenvalue weighted by molar-refractivity contribution is 14.1. The van der Waals surface area contributed by atoms with E-state index in [0.29, 0.717) is 0 Å². The Labute approximate surface area is 115 Å². The second-order valence-corrected chi connectivity index (χ2v) is 5.68. The fraction of sp³-hybridized carbons (Fsp3) is 0.429. The van der Waals surface area contributed by atoms with Gasteiger partial charge in [-0.15, -0.1) is 0 Å². The van der Waals surface area contributed by atoms with E-state index in [1.54, 1.807) is 6.07 Å². The first kappa shape index (κ1) is 13.0. The Morgan fingerprint density at radius 3 is 2.82 bits per heavy atom. The van der Waals surface area contributed by atoms with Gasteiger partial charge in [-0.3, -0.25) is 0 Å². The Hall–Kier alpha value is -0.420. The number of hydrogen-bond donors (Lipinski definition) is 1. The third-order valence-electron chi connectivity index (χ3n) is 3.27. The summed E-state index contributed by atoms with van der Waals surface area (Å²) in [6, 6.07) is 4.79. The van der Waals surface area contributed by atoms with Crippen LogP contribution in [0.4, 0.5) is 4.39 Å². The van der Waals surface area contributed by atoms with Crippen LogP contribution in [-0.4, -0.2) is 0 Å². The van der Waals surface area contributed by atoms with Gasteiger partial charge in [-0.2, -0.15) is 0 Å². The molecule has 0 saturated carbocycles. The highest BCUT2D eigenvalue weighted by atomic mass is 127. The molecule has 3 heteroatoms. The van der Waals surface area contributed by atoms with Crippen molar-refractivity contribution < 1.29 is 4.39 Å². The third-order valence-corrected chi connectivity index (χ3v) is 4.21. The molecule has 0 fully saturated rings. The molecule has 0 aliphatic heterocycles.